The van der Waals surface area contributed by atoms with Crippen molar-refractivity contribution >= 4 is 65.7 Å². The van der Waals surface area contributed by atoms with Gasteiger partial charge < -0.3 is 8.83 Å². The van der Waals surface area contributed by atoms with Gasteiger partial charge in [-0.25, -0.2) is 4.98 Å². The summed E-state index contributed by atoms with van der Waals surface area (Å²) in [6, 6.07) is 53.9. The second-order valence-corrected chi connectivity index (χ2v) is 12.8. The molecule has 0 spiro atoms. The highest BCUT2D eigenvalue weighted by Gasteiger charge is 2.19. The molecule has 0 bridgehead atoms. The van der Waals surface area contributed by atoms with Gasteiger partial charge in [0.2, 0.25) is 5.95 Å². The SMILES string of the molecule is c1cc(-c2nc(-c3ccc4c(c3)oc3ccccc34)nc(-n3c4ccccc4c4ccccc43)n2)cc(-c2cccc3c2oc2ccccc23)c1. The Morgan fingerprint density at radius 2 is 0.922 bits per heavy atom. The van der Waals surface area contributed by atoms with Crippen LogP contribution >= 0.6 is 0 Å². The van der Waals surface area contributed by atoms with Crippen molar-refractivity contribution in [2.24, 2.45) is 0 Å². The molecule has 0 saturated heterocycles. The molecule has 4 aromatic heterocycles. The molecular formula is C45H26N4O2. The molecule has 11 rings (SSSR count). The predicted molar refractivity (Wildman–Crippen MR) is 205 cm³/mol. The summed E-state index contributed by atoms with van der Waals surface area (Å²) >= 11 is 0. The van der Waals surface area contributed by atoms with Crippen LogP contribution in [0.3, 0.4) is 0 Å². The van der Waals surface area contributed by atoms with E-state index in [9.17, 15) is 0 Å². The second-order valence-electron chi connectivity index (χ2n) is 12.8. The highest BCUT2D eigenvalue weighted by Crippen LogP contribution is 2.38. The number of furan rings is 2. The molecule has 6 heteroatoms. The van der Waals surface area contributed by atoms with Gasteiger partial charge in [0.25, 0.3) is 0 Å². The number of para-hydroxylation sites is 5. The molecule has 0 amide bonds. The third kappa shape index (κ3) is 4.26. The first kappa shape index (κ1) is 27.9. The normalized spacial score (nSPS) is 11.9. The average Bonchev–Trinajstić information content (AvgIpc) is 3.87. The molecule has 0 N–H and O–H groups in total. The lowest BCUT2D eigenvalue weighted by atomic mass is 10.0. The fourth-order valence-corrected chi connectivity index (χ4v) is 7.53. The lowest BCUT2D eigenvalue weighted by Crippen LogP contribution is -2.06. The minimum absolute atomic E-state index is 0.543. The number of nitrogens with zero attached hydrogens (tertiary/aromatic N) is 4. The second kappa shape index (κ2) is 10.7. The van der Waals surface area contributed by atoms with Gasteiger partial charge in [-0.15, -0.1) is 0 Å². The van der Waals surface area contributed by atoms with E-state index in [1.165, 1.54) is 0 Å². The van der Waals surface area contributed by atoms with Crippen molar-refractivity contribution in [3.8, 4) is 39.9 Å². The van der Waals surface area contributed by atoms with Crippen LogP contribution in [0.5, 0.6) is 0 Å². The number of benzene rings is 7. The third-order valence-corrected chi connectivity index (χ3v) is 9.88. The van der Waals surface area contributed by atoms with Gasteiger partial charge in [0.15, 0.2) is 11.6 Å². The van der Waals surface area contributed by atoms with Crippen LogP contribution in [0.4, 0.5) is 0 Å². The van der Waals surface area contributed by atoms with Crippen molar-refractivity contribution in [1.82, 2.24) is 19.5 Å². The lowest BCUT2D eigenvalue weighted by Gasteiger charge is -2.12. The molecule has 6 nitrogen and oxygen atoms in total. The Hall–Kier alpha value is -7.05. The van der Waals surface area contributed by atoms with Crippen molar-refractivity contribution in [3.63, 3.8) is 0 Å². The molecule has 0 aliphatic heterocycles. The molecule has 51 heavy (non-hydrogen) atoms. The maximum absolute atomic E-state index is 6.41. The number of hydrogen-bond acceptors (Lipinski definition) is 5. The topological polar surface area (TPSA) is 69.9 Å². The molecule has 0 radical (unpaired) electrons. The van der Waals surface area contributed by atoms with Gasteiger partial charge in [-0.1, -0.05) is 115 Å². The number of hydrogen-bond donors (Lipinski definition) is 0. The maximum Gasteiger partial charge on any atom is 0.238 e. The first-order valence-electron chi connectivity index (χ1n) is 16.9. The number of fused-ring (bicyclic) bond motifs is 9. The summed E-state index contributed by atoms with van der Waals surface area (Å²) in [6.45, 7) is 0. The Bertz CT molecular complexity index is 3110. The number of aromatic nitrogens is 4. The van der Waals surface area contributed by atoms with E-state index in [-0.39, 0.29) is 0 Å². The van der Waals surface area contributed by atoms with E-state index in [1.807, 2.05) is 42.5 Å². The van der Waals surface area contributed by atoms with Gasteiger partial charge >= 0.3 is 0 Å². The lowest BCUT2D eigenvalue weighted by molar-refractivity contribution is 0.669. The zero-order chi connectivity index (χ0) is 33.5. The van der Waals surface area contributed by atoms with Crippen molar-refractivity contribution in [2.45, 2.75) is 0 Å². The summed E-state index contributed by atoms with van der Waals surface area (Å²) in [4.78, 5) is 15.5. The summed E-state index contributed by atoms with van der Waals surface area (Å²) in [5, 5.41) is 6.61. The molecular weight excluding hydrogens is 629 g/mol. The van der Waals surface area contributed by atoms with Gasteiger partial charge in [0.05, 0.1) is 11.0 Å². The van der Waals surface area contributed by atoms with Crippen LogP contribution in [0.2, 0.25) is 0 Å². The smallest absolute Gasteiger partial charge is 0.238 e. The minimum Gasteiger partial charge on any atom is -0.456 e. The average molecular weight is 655 g/mol. The van der Waals surface area contributed by atoms with E-state index in [4.69, 9.17) is 23.8 Å². The summed E-state index contributed by atoms with van der Waals surface area (Å²) in [5.41, 5.74) is 9.16. The highest BCUT2D eigenvalue weighted by atomic mass is 16.3. The Morgan fingerprint density at radius 1 is 0.373 bits per heavy atom. The third-order valence-electron chi connectivity index (χ3n) is 9.88. The Labute approximate surface area is 290 Å². The van der Waals surface area contributed by atoms with Gasteiger partial charge in [-0.2, -0.15) is 9.97 Å². The van der Waals surface area contributed by atoms with E-state index in [0.717, 1.165) is 87.9 Å². The number of rotatable bonds is 4. The highest BCUT2D eigenvalue weighted by molar-refractivity contribution is 6.10. The maximum atomic E-state index is 6.41. The minimum atomic E-state index is 0.543. The van der Waals surface area contributed by atoms with Gasteiger partial charge in [-0.3, -0.25) is 4.57 Å². The van der Waals surface area contributed by atoms with Crippen molar-refractivity contribution < 1.29 is 8.83 Å². The van der Waals surface area contributed by atoms with E-state index in [2.05, 4.69) is 120 Å². The standard InChI is InChI=1S/C45H26N4O2/c1-5-19-37-31(13-1)32-14-2-6-20-38(32)49(37)45-47-43(46-44(48-45)29-23-24-35-33-15-3-7-21-39(33)50-41(35)26-29)28-12-9-11-27(25-28)30-17-10-18-36-34-16-4-8-22-40(34)51-42(30)36/h1-26H. The molecule has 11 aromatic rings. The van der Waals surface area contributed by atoms with Crippen LogP contribution in [0.25, 0.3) is 106 Å². The fraction of sp³-hybridized carbons (Fsp3) is 0. The molecule has 238 valence electrons. The van der Waals surface area contributed by atoms with E-state index in [0.29, 0.717) is 17.6 Å². The summed E-state index contributed by atoms with van der Waals surface area (Å²) in [5.74, 6) is 1.67. The van der Waals surface area contributed by atoms with E-state index < -0.39 is 0 Å². The molecule has 7 aromatic carbocycles. The van der Waals surface area contributed by atoms with Crippen LogP contribution < -0.4 is 0 Å². The molecule has 0 aliphatic rings. The predicted octanol–water partition coefficient (Wildman–Crippen LogP) is 11.8. The quantitative estimate of drug-likeness (QED) is 0.189. The fourth-order valence-electron chi connectivity index (χ4n) is 7.53. The first-order chi connectivity index (χ1) is 25.3. The molecule has 0 fully saturated rings. The molecule has 0 aliphatic carbocycles. The van der Waals surface area contributed by atoms with Crippen LogP contribution in [0.15, 0.2) is 167 Å². The van der Waals surface area contributed by atoms with Crippen LogP contribution in [-0.2, 0) is 0 Å². The van der Waals surface area contributed by atoms with Gasteiger partial charge in [0, 0.05) is 49.0 Å². The van der Waals surface area contributed by atoms with Crippen molar-refractivity contribution in [2.75, 3.05) is 0 Å². The molecule has 0 saturated carbocycles. The van der Waals surface area contributed by atoms with Crippen LogP contribution in [0.1, 0.15) is 0 Å². The summed E-state index contributed by atoms with van der Waals surface area (Å²) < 4.78 is 14.8. The largest absolute Gasteiger partial charge is 0.456 e. The van der Waals surface area contributed by atoms with E-state index >= 15 is 0 Å². The van der Waals surface area contributed by atoms with Crippen molar-refractivity contribution in [3.05, 3.63) is 158 Å². The zero-order valence-electron chi connectivity index (χ0n) is 27.1. The van der Waals surface area contributed by atoms with Gasteiger partial charge in [-0.05, 0) is 48.0 Å². The van der Waals surface area contributed by atoms with Crippen LogP contribution in [0, 0.1) is 0 Å². The molecule has 4 heterocycles. The van der Waals surface area contributed by atoms with Gasteiger partial charge in [0.1, 0.15) is 22.3 Å². The molecule has 0 atom stereocenters. The Morgan fingerprint density at radius 3 is 1.67 bits per heavy atom. The zero-order valence-corrected chi connectivity index (χ0v) is 27.1. The molecule has 0 unspecified atom stereocenters. The van der Waals surface area contributed by atoms with Crippen LogP contribution in [-0.4, -0.2) is 19.5 Å². The van der Waals surface area contributed by atoms with E-state index in [1.54, 1.807) is 0 Å². The van der Waals surface area contributed by atoms with Crippen molar-refractivity contribution in [1.29, 1.82) is 0 Å². The monoisotopic (exact) mass is 654 g/mol. The summed E-state index contributed by atoms with van der Waals surface area (Å²) in [7, 11) is 0. The Balaban J connectivity index is 1.14. The first-order valence-corrected chi connectivity index (χ1v) is 16.9. The Kier molecular flexibility index (Phi) is 5.86. The summed E-state index contributed by atoms with van der Waals surface area (Å²) in [6.07, 6.45) is 0.